The van der Waals surface area contributed by atoms with Crippen LogP contribution in [0.4, 0.5) is 0 Å². The summed E-state index contributed by atoms with van der Waals surface area (Å²) in [4.78, 5) is 2.60. The lowest BCUT2D eigenvalue weighted by atomic mass is 10.1. The lowest BCUT2D eigenvalue weighted by Crippen LogP contribution is -2.27. The van der Waals surface area contributed by atoms with Crippen LogP contribution in [0.15, 0.2) is 16.7 Å². The highest BCUT2D eigenvalue weighted by Crippen LogP contribution is 2.21. The summed E-state index contributed by atoms with van der Waals surface area (Å²) in [5.74, 6) is 1.15. The third-order valence-corrected chi connectivity index (χ3v) is 4.31. The molecule has 3 heteroatoms. The molecule has 19 heavy (non-hydrogen) atoms. The zero-order valence-corrected chi connectivity index (χ0v) is 11.9. The van der Waals surface area contributed by atoms with Crippen molar-refractivity contribution in [2.75, 3.05) is 13.1 Å². The minimum atomic E-state index is 0.750. The molecule has 3 nitrogen and oxygen atoms in total. The van der Waals surface area contributed by atoms with Crippen molar-refractivity contribution >= 4 is 0 Å². The molecule has 2 aliphatic rings. The monoisotopic (exact) mass is 262 g/mol. The first kappa shape index (κ1) is 13.2. The molecule has 1 N–H and O–H groups in total. The van der Waals surface area contributed by atoms with Gasteiger partial charge >= 0.3 is 0 Å². The summed E-state index contributed by atoms with van der Waals surface area (Å²) in [6, 6.07) is 2.91. The molecule has 2 fully saturated rings. The van der Waals surface area contributed by atoms with Crippen LogP contribution in [0.3, 0.4) is 0 Å². The molecule has 0 atom stereocenters. The van der Waals surface area contributed by atoms with Gasteiger partial charge in [0, 0.05) is 18.2 Å². The fraction of sp³-hybridized carbons (Fsp3) is 0.750. The summed E-state index contributed by atoms with van der Waals surface area (Å²) in [7, 11) is 0. The van der Waals surface area contributed by atoms with E-state index in [0.717, 1.165) is 24.9 Å². The van der Waals surface area contributed by atoms with Crippen LogP contribution in [0.1, 0.15) is 56.3 Å². The maximum absolute atomic E-state index is 5.65. The Hall–Kier alpha value is -0.800. The van der Waals surface area contributed by atoms with Gasteiger partial charge < -0.3 is 9.73 Å². The van der Waals surface area contributed by atoms with Gasteiger partial charge in [0.05, 0.1) is 12.8 Å². The Morgan fingerprint density at radius 3 is 2.58 bits per heavy atom. The molecular weight excluding hydrogens is 236 g/mol. The fourth-order valence-corrected chi connectivity index (χ4v) is 2.90. The van der Waals surface area contributed by atoms with Crippen molar-refractivity contribution in [3.05, 3.63) is 23.7 Å². The molecule has 1 aliphatic carbocycles. The summed E-state index contributed by atoms with van der Waals surface area (Å²) in [6.45, 7) is 4.47. The Balaban J connectivity index is 1.53. The van der Waals surface area contributed by atoms with Crippen molar-refractivity contribution in [3.63, 3.8) is 0 Å². The molecule has 1 saturated heterocycles. The average molecular weight is 262 g/mol. The van der Waals surface area contributed by atoms with E-state index in [9.17, 15) is 0 Å². The van der Waals surface area contributed by atoms with Gasteiger partial charge in [0.15, 0.2) is 0 Å². The smallest absolute Gasteiger partial charge is 0.122 e. The van der Waals surface area contributed by atoms with Crippen LogP contribution in [0.25, 0.3) is 0 Å². The molecule has 0 radical (unpaired) electrons. The molecule has 1 saturated carbocycles. The predicted molar refractivity (Wildman–Crippen MR) is 76.9 cm³/mol. The van der Waals surface area contributed by atoms with Crippen LogP contribution >= 0.6 is 0 Å². The van der Waals surface area contributed by atoms with E-state index in [4.69, 9.17) is 4.42 Å². The molecule has 0 unspecified atom stereocenters. The quantitative estimate of drug-likeness (QED) is 0.882. The molecule has 1 aliphatic heterocycles. The number of nitrogens with one attached hydrogen (secondary N) is 1. The highest BCUT2D eigenvalue weighted by Gasteiger charge is 2.21. The van der Waals surface area contributed by atoms with E-state index in [2.05, 4.69) is 16.3 Å². The van der Waals surface area contributed by atoms with Gasteiger partial charge in [0.1, 0.15) is 5.76 Å². The maximum atomic E-state index is 5.65. The highest BCUT2D eigenvalue weighted by molar-refractivity contribution is 5.17. The Morgan fingerprint density at radius 1 is 1.11 bits per heavy atom. The molecule has 3 rings (SSSR count). The van der Waals surface area contributed by atoms with E-state index in [1.54, 1.807) is 0 Å². The average Bonchev–Trinajstić information content (AvgIpc) is 3.10. The zero-order valence-electron chi connectivity index (χ0n) is 11.9. The van der Waals surface area contributed by atoms with Gasteiger partial charge in [0.2, 0.25) is 0 Å². The van der Waals surface area contributed by atoms with Crippen LogP contribution in [0.5, 0.6) is 0 Å². The van der Waals surface area contributed by atoms with Crippen molar-refractivity contribution in [1.29, 1.82) is 0 Å². The summed E-state index contributed by atoms with van der Waals surface area (Å²) in [5, 5.41) is 3.55. The highest BCUT2D eigenvalue weighted by atomic mass is 16.3. The van der Waals surface area contributed by atoms with Crippen LogP contribution in [-0.2, 0) is 13.1 Å². The van der Waals surface area contributed by atoms with Crippen molar-refractivity contribution in [1.82, 2.24) is 10.2 Å². The number of hydrogen-bond donors (Lipinski definition) is 1. The predicted octanol–water partition coefficient (Wildman–Crippen LogP) is 3.30. The number of furan rings is 1. The van der Waals surface area contributed by atoms with Crippen LogP contribution < -0.4 is 5.32 Å². The molecule has 2 heterocycles. The lowest BCUT2D eigenvalue weighted by Gasteiger charge is -2.24. The second-order valence-electron chi connectivity index (χ2n) is 6.07. The third-order valence-electron chi connectivity index (χ3n) is 4.31. The molecule has 0 bridgehead atoms. The minimum Gasteiger partial charge on any atom is -0.468 e. The fourth-order valence-electron chi connectivity index (χ4n) is 2.90. The Bertz CT molecular complexity index is 376. The number of likely N-dealkylation sites (tertiary alicyclic amines) is 1. The van der Waals surface area contributed by atoms with E-state index < -0.39 is 0 Å². The molecule has 106 valence electrons. The summed E-state index contributed by atoms with van der Waals surface area (Å²) >= 11 is 0. The van der Waals surface area contributed by atoms with Crippen LogP contribution in [-0.4, -0.2) is 24.0 Å². The number of hydrogen-bond acceptors (Lipinski definition) is 3. The van der Waals surface area contributed by atoms with Gasteiger partial charge in [-0.05, 0) is 44.8 Å². The second-order valence-corrected chi connectivity index (χ2v) is 6.07. The minimum absolute atomic E-state index is 0.750. The Labute approximate surface area is 116 Å². The van der Waals surface area contributed by atoms with Gasteiger partial charge in [0.25, 0.3) is 0 Å². The molecule has 0 aromatic carbocycles. The summed E-state index contributed by atoms with van der Waals surface area (Å²) < 4.78 is 5.65. The van der Waals surface area contributed by atoms with Gasteiger partial charge in [-0.25, -0.2) is 0 Å². The SMILES string of the molecule is c1cc(CN2CCCCCCC2)c(CNC2CC2)o1. The molecule has 1 aromatic heterocycles. The van der Waals surface area contributed by atoms with E-state index in [1.165, 1.54) is 63.6 Å². The van der Waals surface area contributed by atoms with Crippen LogP contribution in [0, 0.1) is 0 Å². The third kappa shape index (κ3) is 4.08. The second kappa shape index (κ2) is 6.58. The first-order valence-electron chi connectivity index (χ1n) is 7.93. The van der Waals surface area contributed by atoms with Crippen molar-refractivity contribution < 1.29 is 4.42 Å². The maximum Gasteiger partial charge on any atom is 0.122 e. The van der Waals surface area contributed by atoms with E-state index >= 15 is 0 Å². The van der Waals surface area contributed by atoms with E-state index in [1.807, 2.05) is 6.26 Å². The molecule has 1 aromatic rings. The number of nitrogens with zero attached hydrogens (tertiary/aromatic N) is 1. The van der Waals surface area contributed by atoms with Gasteiger partial charge in [-0.15, -0.1) is 0 Å². The topological polar surface area (TPSA) is 28.4 Å². The first-order valence-corrected chi connectivity index (χ1v) is 7.93. The Kier molecular flexibility index (Phi) is 4.57. The summed E-state index contributed by atoms with van der Waals surface area (Å²) in [5.41, 5.74) is 1.38. The van der Waals surface area contributed by atoms with Gasteiger partial charge in [-0.2, -0.15) is 0 Å². The standard InChI is InChI=1S/C16H26N2O/c1-2-4-9-18(10-5-3-1)13-14-8-11-19-16(14)12-17-15-6-7-15/h8,11,15,17H,1-7,9-10,12-13H2. The largest absolute Gasteiger partial charge is 0.468 e. The summed E-state index contributed by atoms with van der Waals surface area (Å²) in [6.07, 6.45) is 11.5. The number of rotatable bonds is 5. The first-order chi connectivity index (χ1) is 9.42. The Morgan fingerprint density at radius 2 is 1.84 bits per heavy atom. The van der Waals surface area contributed by atoms with Crippen LogP contribution in [0.2, 0.25) is 0 Å². The van der Waals surface area contributed by atoms with Crippen molar-refractivity contribution in [3.8, 4) is 0 Å². The van der Waals surface area contributed by atoms with E-state index in [-0.39, 0.29) is 0 Å². The molecular formula is C16H26N2O. The normalized spacial score (nSPS) is 22.1. The molecule has 0 amide bonds. The van der Waals surface area contributed by atoms with Crippen molar-refractivity contribution in [2.24, 2.45) is 0 Å². The van der Waals surface area contributed by atoms with Crippen molar-refractivity contribution in [2.45, 2.75) is 64.1 Å². The van der Waals surface area contributed by atoms with E-state index in [0.29, 0.717) is 0 Å². The lowest BCUT2D eigenvalue weighted by molar-refractivity contribution is 0.238. The molecule has 0 spiro atoms. The van der Waals surface area contributed by atoms with Gasteiger partial charge in [-0.1, -0.05) is 19.3 Å². The zero-order chi connectivity index (χ0) is 12.9. The van der Waals surface area contributed by atoms with Gasteiger partial charge in [-0.3, -0.25) is 4.90 Å².